The lowest BCUT2D eigenvalue weighted by molar-refractivity contribution is 0.112. The third kappa shape index (κ3) is 3.02. The highest BCUT2D eigenvalue weighted by Gasteiger charge is 2.15. The lowest BCUT2D eigenvalue weighted by Gasteiger charge is -2.21. The van der Waals surface area contributed by atoms with Crippen LogP contribution in [0.15, 0.2) is 36.4 Å². The van der Waals surface area contributed by atoms with Crippen LogP contribution in [-0.2, 0) is 6.54 Å². The fraction of sp³-hybridized carbons (Fsp3) is 0.188. The second-order valence-electron chi connectivity index (χ2n) is 4.80. The number of benzene rings is 2. The van der Waals surface area contributed by atoms with Crippen molar-refractivity contribution in [1.82, 2.24) is 0 Å². The minimum atomic E-state index is -0.734. The van der Waals surface area contributed by atoms with E-state index in [4.69, 9.17) is 0 Å². The smallest absolute Gasteiger partial charge is 0.150 e. The van der Waals surface area contributed by atoms with E-state index in [1.165, 1.54) is 4.90 Å². The van der Waals surface area contributed by atoms with Crippen molar-refractivity contribution < 1.29 is 13.6 Å². The molecule has 0 bridgehead atoms. The fourth-order valence-electron chi connectivity index (χ4n) is 2.18. The van der Waals surface area contributed by atoms with Gasteiger partial charge in [-0.1, -0.05) is 29.8 Å². The predicted octanol–water partition coefficient (Wildman–Crippen LogP) is 3.72. The summed E-state index contributed by atoms with van der Waals surface area (Å²) in [5, 5.41) is 0. The van der Waals surface area contributed by atoms with E-state index < -0.39 is 11.6 Å². The van der Waals surface area contributed by atoms with E-state index in [2.05, 4.69) is 0 Å². The first-order valence-corrected chi connectivity index (χ1v) is 6.22. The van der Waals surface area contributed by atoms with Crippen LogP contribution in [0.1, 0.15) is 21.5 Å². The number of rotatable bonds is 4. The Bertz CT molecular complexity index is 617. The summed E-state index contributed by atoms with van der Waals surface area (Å²) in [5.74, 6) is -1.47. The van der Waals surface area contributed by atoms with Gasteiger partial charge in [0, 0.05) is 19.2 Å². The van der Waals surface area contributed by atoms with Gasteiger partial charge in [-0.15, -0.1) is 0 Å². The molecule has 0 radical (unpaired) electrons. The molecule has 0 saturated heterocycles. The Morgan fingerprint density at radius 3 is 2.35 bits per heavy atom. The van der Waals surface area contributed by atoms with Crippen molar-refractivity contribution in [3.8, 4) is 0 Å². The van der Waals surface area contributed by atoms with Gasteiger partial charge in [-0.25, -0.2) is 8.78 Å². The molecule has 0 fully saturated rings. The number of carbonyl (C=O) groups is 1. The predicted molar refractivity (Wildman–Crippen MR) is 75.0 cm³/mol. The second-order valence-corrected chi connectivity index (χ2v) is 4.80. The number of nitrogens with zero attached hydrogens (tertiary/aromatic N) is 1. The number of aryl methyl sites for hydroxylation is 1. The highest BCUT2D eigenvalue weighted by molar-refractivity contribution is 5.76. The van der Waals surface area contributed by atoms with Crippen LogP contribution in [0.3, 0.4) is 0 Å². The van der Waals surface area contributed by atoms with Gasteiger partial charge in [0.2, 0.25) is 0 Å². The van der Waals surface area contributed by atoms with Crippen molar-refractivity contribution in [1.29, 1.82) is 0 Å². The van der Waals surface area contributed by atoms with Crippen molar-refractivity contribution in [2.24, 2.45) is 0 Å². The molecule has 20 heavy (non-hydrogen) atoms. The van der Waals surface area contributed by atoms with Crippen LogP contribution in [0.2, 0.25) is 0 Å². The first kappa shape index (κ1) is 14.2. The number of anilines is 1. The van der Waals surface area contributed by atoms with Crippen molar-refractivity contribution in [3.05, 3.63) is 64.7 Å². The van der Waals surface area contributed by atoms with Crippen LogP contribution in [-0.4, -0.2) is 13.3 Å². The number of carbonyl (C=O) groups excluding carboxylic acids is 1. The highest BCUT2D eigenvalue weighted by atomic mass is 19.1. The first-order chi connectivity index (χ1) is 9.51. The summed E-state index contributed by atoms with van der Waals surface area (Å²) in [6.07, 6.45) is 0.427. The Balaban J connectivity index is 2.29. The van der Waals surface area contributed by atoms with Crippen LogP contribution in [0.5, 0.6) is 0 Å². The topological polar surface area (TPSA) is 20.3 Å². The molecule has 0 amide bonds. The summed E-state index contributed by atoms with van der Waals surface area (Å²) in [7, 11) is 1.62. The summed E-state index contributed by atoms with van der Waals surface area (Å²) in [6.45, 7) is 2.35. The molecule has 4 heteroatoms. The standard InChI is InChI=1S/C16H15F2NO/c1-11-4-3-5-12(6-11)9-19(2)16-14(17)7-13(10-20)8-15(16)18/h3-8,10H,9H2,1-2H3. The summed E-state index contributed by atoms with van der Waals surface area (Å²) in [6, 6.07) is 9.81. The third-order valence-electron chi connectivity index (χ3n) is 3.06. The molecule has 0 aliphatic rings. The maximum atomic E-state index is 13.9. The van der Waals surface area contributed by atoms with Crippen LogP contribution < -0.4 is 4.90 Å². The molecule has 0 saturated carbocycles. The number of halogens is 2. The zero-order chi connectivity index (χ0) is 14.7. The zero-order valence-corrected chi connectivity index (χ0v) is 11.4. The highest BCUT2D eigenvalue weighted by Crippen LogP contribution is 2.25. The molecular formula is C16H15F2NO. The minimum Gasteiger partial charge on any atom is -0.366 e. The van der Waals surface area contributed by atoms with Gasteiger partial charge in [-0.2, -0.15) is 0 Å². The summed E-state index contributed by atoms with van der Waals surface area (Å²) < 4.78 is 27.8. The third-order valence-corrected chi connectivity index (χ3v) is 3.06. The molecule has 2 rings (SSSR count). The molecule has 0 aromatic heterocycles. The average Bonchev–Trinajstić information content (AvgIpc) is 2.37. The van der Waals surface area contributed by atoms with Gasteiger partial charge in [0.1, 0.15) is 23.6 Å². The van der Waals surface area contributed by atoms with Crippen molar-refractivity contribution in [2.45, 2.75) is 13.5 Å². The molecule has 0 aliphatic carbocycles. The van der Waals surface area contributed by atoms with Gasteiger partial charge in [-0.05, 0) is 24.6 Å². The van der Waals surface area contributed by atoms with E-state index in [-0.39, 0.29) is 11.3 Å². The fourth-order valence-corrected chi connectivity index (χ4v) is 2.18. The molecule has 0 spiro atoms. The van der Waals surface area contributed by atoms with Crippen LogP contribution in [0.4, 0.5) is 14.5 Å². The molecule has 0 unspecified atom stereocenters. The normalized spacial score (nSPS) is 10.4. The van der Waals surface area contributed by atoms with Gasteiger partial charge in [-0.3, -0.25) is 4.79 Å². The molecular weight excluding hydrogens is 260 g/mol. The van der Waals surface area contributed by atoms with Gasteiger partial charge >= 0.3 is 0 Å². The lowest BCUT2D eigenvalue weighted by atomic mass is 10.1. The SMILES string of the molecule is Cc1cccc(CN(C)c2c(F)cc(C=O)cc2F)c1. The monoisotopic (exact) mass is 275 g/mol. The summed E-state index contributed by atoms with van der Waals surface area (Å²) in [4.78, 5) is 12.1. The molecule has 104 valence electrons. The maximum Gasteiger partial charge on any atom is 0.150 e. The van der Waals surface area contributed by atoms with Gasteiger partial charge in [0.15, 0.2) is 0 Å². The van der Waals surface area contributed by atoms with Crippen LogP contribution >= 0.6 is 0 Å². The Labute approximate surface area is 116 Å². The van der Waals surface area contributed by atoms with Gasteiger partial charge < -0.3 is 4.90 Å². The van der Waals surface area contributed by atoms with Crippen molar-refractivity contribution in [3.63, 3.8) is 0 Å². The summed E-state index contributed by atoms with van der Waals surface area (Å²) in [5.41, 5.74) is 1.92. The molecule has 0 heterocycles. The van der Waals surface area contributed by atoms with Crippen molar-refractivity contribution in [2.75, 3.05) is 11.9 Å². The Kier molecular flexibility index (Phi) is 4.13. The first-order valence-electron chi connectivity index (χ1n) is 6.22. The van der Waals surface area contributed by atoms with Crippen molar-refractivity contribution >= 4 is 12.0 Å². The Morgan fingerprint density at radius 1 is 1.15 bits per heavy atom. The van der Waals surface area contributed by atoms with Gasteiger partial charge in [0.05, 0.1) is 0 Å². The van der Waals surface area contributed by atoms with E-state index >= 15 is 0 Å². The lowest BCUT2D eigenvalue weighted by Crippen LogP contribution is -2.19. The minimum absolute atomic E-state index is 0.00675. The molecule has 2 aromatic carbocycles. The van der Waals surface area contributed by atoms with E-state index in [1.807, 2.05) is 31.2 Å². The molecule has 0 N–H and O–H groups in total. The number of hydrogen-bond donors (Lipinski definition) is 0. The molecule has 0 aliphatic heterocycles. The molecule has 2 aromatic rings. The van der Waals surface area contributed by atoms with Crippen LogP contribution in [0.25, 0.3) is 0 Å². The zero-order valence-electron chi connectivity index (χ0n) is 11.4. The van der Waals surface area contributed by atoms with E-state index in [1.54, 1.807) is 7.05 Å². The van der Waals surface area contributed by atoms with E-state index in [0.717, 1.165) is 23.3 Å². The summed E-state index contributed by atoms with van der Waals surface area (Å²) >= 11 is 0. The maximum absolute atomic E-state index is 13.9. The Morgan fingerprint density at radius 2 is 1.80 bits per heavy atom. The molecule has 0 atom stereocenters. The number of hydrogen-bond acceptors (Lipinski definition) is 2. The molecule has 2 nitrogen and oxygen atoms in total. The largest absolute Gasteiger partial charge is 0.366 e. The van der Waals surface area contributed by atoms with E-state index in [0.29, 0.717) is 12.8 Å². The van der Waals surface area contributed by atoms with Gasteiger partial charge in [0.25, 0.3) is 0 Å². The van der Waals surface area contributed by atoms with Crippen LogP contribution in [0, 0.1) is 18.6 Å². The second kappa shape index (κ2) is 5.82. The van der Waals surface area contributed by atoms with E-state index in [9.17, 15) is 13.6 Å². The quantitative estimate of drug-likeness (QED) is 0.793. The Hall–Kier alpha value is -2.23. The average molecular weight is 275 g/mol. The number of aldehydes is 1.